The molecule has 2 aromatic heterocycles. The lowest BCUT2D eigenvalue weighted by Crippen LogP contribution is -2.30. The fourth-order valence-electron chi connectivity index (χ4n) is 4.30. The van der Waals surface area contributed by atoms with Crippen molar-refractivity contribution in [1.29, 1.82) is 0 Å². The monoisotopic (exact) mass is 400 g/mol. The number of aromatic nitrogens is 2. The molecule has 1 amide bonds. The van der Waals surface area contributed by atoms with E-state index >= 15 is 4.39 Å². The van der Waals surface area contributed by atoms with Crippen molar-refractivity contribution in [2.45, 2.75) is 32.2 Å². The van der Waals surface area contributed by atoms with Crippen LogP contribution < -0.4 is 15.8 Å². The molecule has 8 nitrogen and oxygen atoms in total. The van der Waals surface area contributed by atoms with Crippen LogP contribution in [-0.2, 0) is 0 Å². The number of pyridine rings is 1. The zero-order valence-electron chi connectivity index (χ0n) is 15.9. The molecule has 1 saturated carbocycles. The number of oxazole rings is 1. The van der Waals surface area contributed by atoms with Gasteiger partial charge in [0.05, 0.1) is 11.2 Å². The summed E-state index contributed by atoms with van der Waals surface area (Å²) in [5, 5.41) is 11.7. The van der Waals surface area contributed by atoms with Gasteiger partial charge in [0.25, 0.3) is 5.56 Å². The summed E-state index contributed by atoms with van der Waals surface area (Å²) >= 11 is 0. The van der Waals surface area contributed by atoms with Crippen LogP contribution in [0.5, 0.6) is 0 Å². The SMILES string of the molecule is Cc1nc2c(=O)n(C3CC3)c3cc(N4CCC(CNC(=O)O)C4)c(F)cc3c2o1. The molecule has 152 valence electrons. The van der Waals surface area contributed by atoms with Crippen LogP contribution >= 0.6 is 0 Å². The van der Waals surface area contributed by atoms with Crippen molar-refractivity contribution in [3.05, 3.63) is 34.2 Å². The van der Waals surface area contributed by atoms with Gasteiger partial charge < -0.3 is 24.3 Å². The van der Waals surface area contributed by atoms with Crippen molar-refractivity contribution in [3.8, 4) is 0 Å². The zero-order valence-corrected chi connectivity index (χ0v) is 15.9. The molecule has 3 heterocycles. The van der Waals surface area contributed by atoms with Crippen LogP contribution in [0.2, 0.25) is 0 Å². The van der Waals surface area contributed by atoms with Crippen LogP contribution in [0.3, 0.4) is 0 Å². The Kier molecular flexibility index (Phi) is 4.01. The van der Waals surface area contributed by atoms with Gasteiger partial charge in [0.2, 0.25) is 0 Å². The van der Waals surface area contributed by atoms with Crippen LogP contribution in [-0.4, -0.2) is 40.4 Å². The normalized spacial score (nSPS) is 19.4. The molecular formula is C20H21FN4O4. The molecule has 2 N–H and O–H groups in total. The summed E-state index contributed by atoms with van der Waals surface area (Å²) in [5.41, 5.74) is 1.46. The highest BCUT2D eigenvalue weighted by molar-refractivity contribution is 6.02. The first-order chi connectivity index (χ1) is 13.9. The highest BCUT2D eigenvalue weighted by atomic mass is 19.1. The van der Waals surface area contributed by atoms with E-state index in [4.69, 9.17) is 9.52 Å². The molecule has 1 aliphatic heterocycles. The van der Waals surface area contributed by atoms with E-state index in [2.05, 4.69) is 10.3 Å². The van der Waals surface area contributed by atoms with Gasteiger partial charge in [0.1, 0.15) is 5.82 Å². The lowest BCUT2D eigenvalue weighted by atomic mass is 10.1. The molecule has 9 heteroatoms. The van der Waals surface area contributed by atoms with E-state index in [1.807, 2.05) is 4.90 Å². The minimum atomic E-state index is -1.06. The van der Waals surface area contributed by atoms with Gasteiger partial charge in [-0.05, 0) is 37.3 Å². The lowest BCUT2D eigenvalue weighted by molar-refractivity contribution is 0.192. The third-order valence-corrected chi connectivity index (χ3v) is 5.81. The third-order valence-electron chi connectivity index (χ3n) is 5.81. The van der Waals surface area contributed by atoms with Gasteiger partial charge in [-0.3, -0.25) is 4.79 Å². The first kappa shape index (κ1) is 18.0. The molecule has 0 bridgehead atoms. The maximum absolute atomic E-state index is 15.1. The Hall–Kier alpha value is -3.10. The summed E-state index contributed by atoms with van der Waals surface area (Å²) < 4.78 is 22.5. The van der Waals surface area contributed by atoms with Crippen molar-refractivity contribution in [3.63, 3.8) is 0 Å². The largest absolute Gasteiger partial charge is 0.465 e. The lowest BCUT2D eigenvalue weighted by Gasteiger charge is -2.21. The summed E-state index contributed by atoms with van der Waals surface area (Å²) in [4.78, 5) is 29.9. The van der Waals surface area contributed by atoms with E-state index in [-0.39, 0.29) is 28.9 Å². The number of aryl methyl sites for hydroxylation is 1. The molecule has 5 rings (SSSR count). The molecule has 0 spiro atoms. The zero-order chi connectivity index (χ0) is 20.3. The first-order valence-electron chi connectivity index (χ1n) is 9.79. The van der Waals surface area contributed by atoms with Gasteiger partial charge in [0.15, 0.2) is 17.0 Å². The highest BCUT2D eigenvalue weighted by Gasteiger charge is 2.31. The van der Waals surface area contributed by atoms with E-state index in [1.165, 1.54) is 6.07 Å². The fourth-order valence-corrected chi connectivity index (χ4v) is 4.30. The van der Waals surface area contributed by atoms with Crippen molar-refractivity contribution >= 4 is 33.8 Å². The quantitative estimate of drug-likeness (QED) is 0.698. The number of halogens is 1. The summed E-state index contributed by atoms with van der Waals surface area (Å²) in [6.07, 6.45) is 1.54. The van der Waals surface area contributed by atoms with Crippen molar-refractivity contribution < 1.29 is 18.7 Å². The second-order valence-electron chi connectivity index (χ2n) is 7.92. The van der Waals surface area contributed by atoms with E-state index in [1.54, 1.807) is 17.6 Å². The number of hydrogen-bond acceptors (Lipinski definition) is 5. The molecular weight excluding hydrogens is 379 g/mol. The van der Waals surface area contributed by atoms with Crippen LogP contribution in [0.1, 0.15) is 31.2 Å². The topological polar surface area (TPSA) is 101 Å². The van der Waals surface area contributed by atoms with Crippen LogP contribution in [0.4, 0.5) is 14.9 Å². The number of fused-ring (bicyclic) bond motifs is 3. The Morgan fingerprint density at radius 2 is 2.17 bits per heavy atom. The molecule has 1 saturated heterocycles. The fraction of sp³-hybridized carbons (Fsp3) is 0.450. The van der Waals surface area contributed by atoms with Crippen molar-refractivity contribution in [1.82, 2.24) is 14.9 Å². The van der Waals surface area contributed by atoms with Gasteiger partial charge in [-0.25, -0.2) is 14.2 Å². The van der Waals surface area contributed by atoms with Gasteiger partial charge in [0, 0.05) is 38.0 Å². The molecule has 0 radical (unpaired) electrons. The third kappa shape index (κ3) is 3.01. The molecule has 3 aromatic rings. The van der Waals surface area contributed by atoms with E-state index in [9.17, 15) is 9.59 Å². The number of carboxylic acid groups (broad SMARTS) is 1. The Morgan fingerprint density at radius 3 is 2.90 bits per heavy atom. The van der Waals surface area contributed by atoms with Crippen LogP contribution in [0.25, 0.3) is 22.0 Å². The number of nitrogens with one attached hydrogen (secondary N) is 1. The highest BCUT2D eigenvalue weighted by Crippen LogP contribution is 2.39. The molecule has 1 aromatic carbocycles. The first-order valence-corrected chi connectivity index (χ1v) is 9.79. The minimum absolute atomic E-state index is 0.107. The van der Waals surface area contributed by atoms with E-state index in [0.717, 1.165) is 19.3 Å². The van der Waals surface area contributed by atoms with Gasteiger partial charge >= 0.3 is 6.09 Å². The molecule has 29 heavy (non-hydrogen) atoms. The summed E-state index contributed by atoms with van der Waals surface area (Å²) in [6, 6.07) is 3.27. The van der Waals surface area contributed by atoms with E-state index in [0.29, 0.717) is 47.7 Å². The Labute approximate surface area is 164 Å². The summed E-state index contributed by atoms with van der Waals surface area (Å²) in [5.74, 6) is 0.108. The van der Waals surface area contributed by atoms with Gasteiger partial charge in [-0.15, -0.1) is 0 Å². The average molecular weight is 400 g/mol. The molecule has 2 aliphatic rings. The Balaban J connectivity index is 1.61. The van der Waals surface area contributed by atoms with Crippen LogP contribution in [0.15, 0.2) is 21.3 Å². The Bertz CT molecular complexity index is 1200. The predicted molar refractivity (Wildman–Crippen MR) is 105 cm³/mol. The van der Waals surface area contributed by atoms with Gasteiger partial charge in [-0.1, -0.05) is 0 Å². The number of anilines is 1. The summed E-state index contributed by atoms with van der Waals surface area (Å²) in [7, 11) is 0. The van der Waals surface area contributed by atoms with Crippen molar-refractivity contribution in [2.24, 2.45) is 5.92 Å². The number of carbonyl (C=O) groups is 1. The second-order valence-corrected chi connectivity index (χ2v) is 7.92. The average Bonchev–Trinajstić information content (AvgIpc) is 3.25. The molecule has 1 unspecified atom stereocenters. The molecule has 2 fully saturated rings. The number of amides is 1. The van der Waals surface area contributed by atoms with E-state index < -0.39 is 6.09 Å². The van der Waals surface area contributed by atoms with Crippen molar-refractivity contribution in [2.75, 3.05) is 24.5 Å². The smallest absolute Gasteiger partial charge is 0.404 e. The maximum Gasteiger partial charge on any atom is 0.404 e. The maximum atomic E-state index is 15.1. The Morgan fingerprint density at radius 1 is 1.38 bits per heavy atom. The van der Waals surface area contributed by atoms with Gasteiger partial charge in [-0.2, -0.15) is 0 Å². The molecule has 1 atom stereocenters. The van der Waals surface area contributed by atoms with Crippen LogP contribution in [0, 0.1) is 18.7 Å². The standard InChI is InChI=1S/C20H21FN4O4/c1-10-23-17-18(29-10)13-6-14(21)16(7-15(13)25(19(17)26)12-2-3-12)24-5-4-11(9-24)8-22-20(27)28/h6-7,11-12,22H,2-5,8-9H2,1H3,(H,27,28). The molecule has 1 aliphatic carbocycles. The second kappa shape index (κ2) is 6.47. The predicted octanol–water partition coefficient (Wildman–Crippen LogP) is 3.02. The number of benzene rings is 1. The number of rotatable bonds is 4. The number of nitrogens with zero attached hydrogens (tertiary/aromatic N) is 3. The number of hydrogen-bond donors (Lipinski definition) is 2. The summed E-state index contributed by atoms with van der Waals surface area (Å²) in [6.45, 7) is 3.20. The minimum Gasteiger partial charge on any atom is -0.465 e.